The molecule has 3 fully saturated rings. The second-order valence-corrected chi connectivity index (χ2v) is 14.3. The first-order valence-electron chi connectivity index (χ1n) is 12.7. The zero-order valence-corrected chi connectivity index (χ0v) is 22.3. The molecular weight excluding hydrogens is 514 g/mol. The first-order valence-corrected chi connectivity index (χ1v) is 16.1. The van der Waals surface area contributed by atoms with E-state index in [-0.39, 0.29) is 34.1 Å². The Morgan fingerprint density at radius 2 is 1.73 bits per heavy atom. The van der Waals surface area contributed by atoms with Gasteiger partial charge in [-0.05, 0) is 54.8 Å². The van der Waals surface area contributed by atoms with Crippen molar-refractivity contribution in [2.45, 2.75) is 48.5 Å². The summed E-state index contributed by atoms with van der Waals surface area (Å²) in [5.41, 5.74) is 2.27. The van der Waals surface area contributed by atoms with Gasteiger partial charge in [-0.1, -0.05) is 25.3 Å². The summed E-state index contributed by atoms with van der Waals surface area (Å²) in [5, 5.41) is 0. The summed E-state index contributed by atoms with van der Waals surface area (Å²) in [6.45, 7) is 1.64. The SMILES string of the molecule is CS(=O)(=O)Nc1ccc2c(c1)C1(CCCCC1)CN2C(=O)c1cccc(S(=O)(=O)NC2C3COCC32)c1. The Hall–Kier alpha value is -2.47. The van der Waals surface area contributed by atoms with Gasteiger partial charge in [0.15, 0.2) is 0 Å². The number of nitrogens with one attached hydrogen (secondary N) is 2. The van der Waals surface area contributed by atoms with Crippen molar-refractivity contribution >= 4 is 37.3 Å². The van der Waals surface area contributed by atoms with Crippen molar-refractivity contribution in [2.75, 3.05) is 35.6 Å². The van der Waals surface area contributed by atoms with Crippen LogP contribution in [0, 0.1) is 11.8 Å². The largest absolute Gasteiger partial charge is 0.381 e. The lowest BCUT2D eigenvalue weighted by molar-refractivity contribution is 0.0982. The van der Waals surface area contributed by atoms with Crippen LogP contribution in [0.1, 0.15) is 48.0 Å². The molecule has 0 bridgehead atoms. The molecule has 2 aromatic carbocycles. The zero-order valence-electron chi connectivity index (χ0n) is 20.6. The predicted molar refractivity (Wildman–Crippen MR) is 140 cm³/mol. The summed E-state index contributed by atoms with van der Waals surface area (Å²) in [6.07, 6.45) is 6.16. The van der Waals surface area contributed by atoms with Gasteiger partial charge in [0.2, 0.25) is 20.0 Å². The summed E-state index contributed by atoms with van der Waals surface area (Å²) in [7, 11) is -7.21. The van der Waals surface area contributed by atoms with E-state index in [0.717, 1.165) is 49.6 Å². The number of nitrogens with zero attached hydrogens (tertiary/aromatic N) is 1. The van der Waals surface area contributed by atoms with Crippen LogP contribution in [-0.4, -0.2) is 54.8 Å². The molecular formula is C26H31N3O6S2. The van der Waals surface area contributed by atoms with Gasteiger partial charge in [0, 0.05) is 46.8 Å². The van der Waals surface area contributed by atoms with Crippen molar-refractivity contribution in [3.05, 3.63) is 53.6 Å². The predicted octanol–water partition coefficient (Wildman–Crippen LogP) is 2.84. The number of carbonyl (C=O) groups is 1. The van der Waals surface area contributed by atoms with Crippen LogP contribution in [0.4, 0.5) is 11.4 Å². The molecule has 11 heteroatoms. The van der Waals surface area contributed by atoms with Crippen LogP contribution in [0.5, 0.6) is 0 Å². The Balaban J connectivity index is 1.30. The molecule has 9 nitrogen and oxygen atoms in total. The van der Waals surface area contributed by atoms with Crippen molar-refractivity contribution in [3.63, 3.8) is 0 Å². The number of carbonyl (C=O) groups excluding carboxylic acids is 1. The molecule has 2 aromatic rings. The Morgan fingerprint density at radius 3 is 2.43 bits per heavy atom. The van der Waals surface area contributed by atoms with Gasteiger partial charge < -0.3 is 9.64 Å². The lowest BCUT2D eigenvalue weighted by Gasteiger charge is -2.34. The van der Waals surface area contributed by atoms with Gasteiger partial charge in [0.1, 0.15) is 0 Å². The van der Waals surface area contributed by atoms with Gasteiger partial charge in [0.05, 0.1) is 24.4 Å². The highest BCUT2D eigenvalue weighted by Crippen LogP contribution is 2.50. The van der Waals surface area contributed by atoms with E-state index in [1.54, 1.807) is 29.2 Å². The van der Waals surface area contributed by atoms with Crippen molar-refractivity contribution in [1.82, 2.24) is 4.72 Å². The molecule has 2 N–H and O–H groups in total. The fourth-order valence-corrected chi connectivity index (χ4v) is 8.34. The maximum Gasteiger partial charge on any atom is 0.258 e. The Bertz CT molecular complexity index is 1460. The number of fused-ring (bicyclic) bond motifs is 3. The number of rotatable bonds is 6. The molecule has 0 radical (unpaired) electrons. The number of ether oxygens (including phenoxy) is 1. The highest BCUT2D eigenvalue weighted by Gasteiger charge is 2.55. The summed E-state index contributed by atoms with van der Waals surface area (Å²) < 4.78 is 60.5. The molecule has 6 rings (SSSR count). The fraction of sp³-hybridized carbons (Fsp3) is 0.500. The number of benzene rings is 2. The van der Waals surface area contributed by atoms with E-state index in [0.29, 0.717) is 31.0 Å². The molecule has 2 atom stereocenters. The molecule has 198 valence electrons. The van der Waals surface area contributed by atoms with Crippen LogP contribution in [0.3, 0.4) is 0 Å². The monoisotopic (exact) mass is 545 g/mol. The molecule has 37 heavy (non-hydrogen) atoms. The second-order valence-electron chi connectivity index (χ2n) is 10.9. The van der Waals surface area contributed by atoms with Gasteiger partial charge in [-0.3, -0.25) is 9.52 Å². The number of sulfonamides is 2. The average Bonchev–Trinajstić information content (AvgIpc) is 3.18. The number of anilines is 2. The molecule has 4 aliphatic rings. The maximum atomic E-state index is 13.8. The van der Waals surface area contributed by atoms with Crippen LogP contribution in [-0.2, 0) is 30.2 Å². The van der Waals surface area contributed by atoms with E-state index >= 15 is 0 Å². The fourth-order valence-electron chi connectivity index (χ4n) is 6.40. The van der Waals surface area contributed by atoms with Crippen LogP contribution in [0.2, 0.25) is 0 Å². The number of hydrogen-bond acceptors (Lipinski definition) is 6. The first-order chi connectivity index (χ1) is 17.6. The maximum absolute atomic E-state index is 13.8. The Labute approximate surface area is 217 Å². The second kappa shape index (κ2) is 8.79. The quantitative estimate of drug-likeness (QED) is 0.576. The van der Waals surface area contributed by atoms with Crippen molar-refractivity contribution < 1.29 is 26.4 Å². The van der Waals surface area contributed by atoms with E-state index in [4.69, 9.17) is 4.74 Å². The van der Waals surface area contributed by atoms with Crippen LogP contribution in [0.15, 0.2) is 47.4 Å². The molecule has 2 unspecified atom stereocenters. The summed E-state index contributed by atoms with van der Waals surface area (Å²) in [5.74, 6) is 0.199. The Morgan fingerprint density at radius 1 is 1.00 bits per heavy atom. The highest BCUT2D eigenvalue weighted by molar-refractivity contribution is 7.92. The summed E-state index contributed by atoms with van der Waals surface area (Å²) in [6, 6.07) is 11.4. The third-order valence-corrected chi connectivity index (χ3v) is 10.4. The van der Waals surface area contributed by atoms with Gasteiger partial charge in [-0.25, -0.2) is 21.6 Å². The van der Waals surface area contributed by atoms with Crippen molar-refractivity contribution in [3.8, 4) is 0 Å². The first kappa shape index (κ1) is 24.8. The molecule has 2 heterocycles. The third kappa shape index (κ3) is 4.56. The molecule has 2 saturated carbocycles. The third-order valence-electron chi connectivity index (χ3n) is 8.31. The normalized spacial score (nSPS) is 26.1. The van der Waals surface area contributed by atoms with Crippen LogP contribution >= 0.6 is 0 Å². The smallest absolute Gasteiger partial charge is 0.258 e. The number of hydrogen-bond donors (Lipinski definition) is 2. The summed E-state index contributed by atoms with van der Waals surface area (Å²) in [4.78, 5) is 15.6. The minimum atomic E-state index is -3.77. The average molecular weight is 546 g/mol. The molecule has 1 amide bonds. The minimum absolute atomic E-state index is 0.0729. The lowest BCUT2D eigenvalue weighted by atomic mass is 9.70. The van der Waals surface area contributed by atoms with Crippen molar-refractivity contribution in [1.29, 1.82) is 0 Å². The molecule has 0 aromatic heterocycles. The minimum Gasteiger partial charge on any atom is -0.381 e. The molecule has 2 aliphatic heterocycles. The molecule has 1 spiro atoms. The van der Waals surface area contributed by atoms with E-state index in [2.05, 4.69) is 9.44 Å². The molecule has 1 saturated heterocycles. The lowest BCUT2D eigenvalue weighted by Crippen LogP contribution is -2.38. The van der Waals surface area contributed by atoms with Gasteiger partial charge in [0.25, 0.3) is 5.91 Å². The highest BCUT2D eigenvalue weighted by atomic mass is 32.2. The van der Waals surface area contributed by atoms with E-state index in [1.165, 1.54) is 12.1 Å². The van der Waals surface area contributed by atoms with E-state index in [9.17, 15) is 21.6 Å². The van der Waals surface area contributed by atoms with Crippen molar-refractivity contribution in [2.24, 2.45) is 11.8 Å². The van der Waals surface area contributed by atoms with Gasteiger partial charge in [-0.15, -0.1) is 0 Å². The number of amides is 1. The summed E-state index contributed by atoms with van der Waals surface area (Å²) >= 11 is 0. The van der Waals surface area contributed by atoms with Crippen LogP contribution in [0.25, 0.3) is 0 Å². The molecule has 2 aliphatic carbocycles. The van der Waals surface area contributed by atoms with Crippen LogP contribution < -0.4 is 14.3 Å². The standard InChI is InChI=1S/C26H31N3O6S2/c1-36(31,32)27-18-8-9-23-22(13-18)26(10-3-2-4-11-26)16-29(23)25(30)17-6-5-7-19(12-17)37(33,34)28-24-20-14-35-15-21(20)24/h5-9,12-13,20-21,24,27-28H,2-4,10-11,14-16H2,1H3. The van der Waals surface area contributed by atoms with Gasteiger partial charge >= 0.3 is 0 Å². The van der Waals surface area contributed by atoms with Gasteiger partial charge in [-0.2, -0.15) is 0 Å². The Kier molecular flexibility index (Phi) is 5.90. The van der Waals surface area contributed by atoms with E-state index in [1.807, 2.05) is 6.07 Å². The topological polar surface area (TPSA) is 122 Å². The van der Waals surface area contributed by atoms with E-state index < -0.39 is 20.0 Å². The zero-order chi connectivity index (χ0) is 26.0.